The van der Waals surface area contributed by atoms with Gasteiger partial charge in [-0.15, -0.1) is 11.8 Å². The lowest BCUT2D eigenvalue weighted by Gasteiger charge is -2.08. The van der Waals surface area contributed by atoms with Gasteiger partial charge in [0.05, 0.1) is 5.56 Å². The predicted octanol–water partition coefficient (Wildman–Crippen LogP) is 2.91. The third kappa shape index (κ3) is 4.33. The molecule has 5 nitrogen and oxygen atoms in total. The van der Waals surface area contributed by atoms with Crippen LogP contribution in [0.1, 0.15) is 15.9 Å². The van der Waals surface area contributed by atoms with Crippen molar-refractivity contribution in [1.82, 2.24) is 4.98 Å². The second kappa shape index (κ2) is 7.61. The number of aryl methyl sites for hydroxylation is 1. The van der Waals surface area contributed by atoms with Crippen molar-refractivity contribution < 1.29 is 14.3 Å². The fourth-order valence-electron chi connectivity index (χ4n) is 1.75. The summed E-state index contributed by atoms with van der Waals surface area (Å²) < 4.78 is 5.02. The lowest BCUT2D eigenvalue weighted by molar-refractivity contribution is -0.119. The number of hydrogen-bond acceptors (Lipinski definition) is 5. The zero-order valence-electron chi connectivity index (χ0n) is 12.3. The van der Waals surface area contributed by atoms with Crippen LogP contribution in [0.2, 0.25) is 0 Å². The number of ether oxygens (including phenoxy) is 1. The number of carbonyl (C=O) groups is 2. The number of nitrogens with zero attached hydrogens (tertiary/aromatic N) is 1. The Balaban J connectivity index is 1.90. The number of benzene rings is 1. The summed E-state index contributed by atoms with van der Waals surface area (Å²) in [4.78, 5) is 27.8. The summed E-state index contributed by atoms with van der Waals surface area (Å²) >= 11 is 1.35. The highest BCUT2D eigenvalue weighted by atomic mass is 32.2. The average Bonchev–Trinajstić information content (AvgIpc) is 2.54. The number of amides is 1. The summed E-state index contributed by atoms with van der Waals surface area (Å²) in [6.45, 7) is 1.63. The van der Waals surface area contributed by atoms with Gasteiger partial charge in [0.15, 0.2) is 6.61 Å². The fourth-order valence-corrected chi connectivity index (χ4v) is 2.29. The second-order valence-electron chi connectivity index (χ2n) is 4.55. The van der Waals surface area contributed by atoms with Gasteiger partial charge in [-0.05, 0) is 37.4 Å². The van der Waals surface area contributed by atoms with E-state index in [9.17, 15) is 9.59 Å². The molecular formula is C16H16N2O3S. The van der Waals surface area contributed by atoms with Crippen molar-refractivity contribution in [3.8, 4) is 0 Å². The van der Waals surface area contributed by atoms with E-state index in [4.69, 9.17) is 4.74 Å². The first-order chi connectivity index (χ1) is 10.6. The Morgan fingerprint density at radius 1 is 1.23 bits per heavy atom. The molecule has 2 rings (SSSR count). The maximum Gasteiger partial charge on any atom is 0.341 e. The Morgan fingerprint density at radius 3 is 2.64 bits per heavy atom. The zero-order chi connectivity index (χ0) is 15.9. The Labute approximate surface area is 133 Å². The van der Waals surface area contributed by atoms with Gasteiger partial charge >= 0.3 is 5.97 Å². The number of esters is 1. The van der Waals surface area contributed by atoms with Gasteiger partial charge in [0.25, 0.3) is 5.91 Å². The highest BCUT2D eigenvalue weighted by Gasteiger charge is 2.14. The summed E-state index contributed by atoms with van der Waals surface area (Å²) in [5.41, 5.74) is 2.13. The van der Waals surface area contributed by atoms with Crippen LogP contribution in [0, 0.1) is 6.92 Å². The van der Waals surface area contributed by atoms with Gasteiger partial charge in [-0.2, -0.15) is 0 Å². The van der Waals surface area contributed by atoms with E-state index >= 15 is 0 Å². The Hall–Kier alpha value is -2.34. The van der Waals surface area contributed by atoms with E-state index in [1.807, 2.05) is 25.3 Å². The molecule has 0 saturated heterocycles. The molecule has 1 amide bonds. The summed E-state index contributed by atoms with van der Waals surface area (Å²) in [5, 5.41) is 3.24. The topological polar surface area (TPSA) is 68.3 Å². The summed E-state index contributed by atoms with van der Waals surface area (Å²) in [6, 6.07) is 10.6. The smallest absolute Gasteiger partial charge is 0.341 e. The summed E-state index contributed by atoms with van der Waals surface area (Å²) in [7, 11) is 0. The first-order valence-corrected chi connectivity index (χ1v) is 7.85. The van der Waals surface area contributed by atoms with E-state index in [0.29, 0.717) is 16.3 Å². The molecular weight excluding hydrogens is 300 g/mol. The standard InChI is InChI=1S/C16H16N2O3S/c1-11-5-7-12(8-6-11)18-14(19)10-21-16(20)13-4-3-9-17-15(13)22-2/h3-9H,10H2,1-2H3,(H,18,19). The van der Waals surface area contributed by atoms with E-state index in [2.05, 4.69) is 10.3 Å². The van der Waals surface area contributed by atoms with Crippen LogP contribution >= 0.6 is 11.8 Å². The van der Waals surface area contributed by atoms with Gasteiger partial charge in [0, 0.05) is 11.9 Å². The molecule has 0 radical (unpaired) electrons. The van der Waals surface area contributed by atoms with Crippen LogP contribution < -0.4 is 5.32 Å². The second-order valence-corrected chi connectivity index (χ2v) is 5.35. The Bertz CT molecular complexity index is 671. The Morgan fingerprint density at radius 2 is 1.95 bits per heavy atom. The van der Waals surface area contributed by atoms with E-state index in [1.54, 1.807) is 30.5 Å². The van der Waals surface area contributed by atoms with Crippen LogP contribution in [0.25, 0.3) is 0 Å². The van der Waals surface area contributed by atoms with Gasteiger partial charge in [0.1, 0.15) is 5.03 Å². The van der Waals surface area contributed by atoms with Crippen LogP contribution in [-0.2, 0) is 9.53 Å². The molecule has 2 aromatic rings. The third-order valence-corrected chi connectivity index (χ3v) is 3.57. The van der Waals surface area contributed by atoms with Gasteiger partial charge in [0.2, 0.25) is 0 Å². The van der Waals surface area contributed by atoms with Gasteiger partial charge < -0.3 is 10.1 Å². The van der Waals surface area contributed by atoms with Crippen LogP contribution in [0.4, 0.5) is 5.69 Å². The summed E-state index contributed by atoms with van der Waals surface area (Å²) in [6.07, 6.45) is 3.43. The molecule has 0 aliphatic rings. The van der Waals surface area contributed by atoms with Crippen molar-refractivity contribution >= 4 is 29.3 Å². The molecule has 0 aliphatic heterocycles. The van der Waals surface area contributed by atoms with E-state index < -0.39 is 5.97 Å². The third-order valence-electron chi connectivity index (χ3n) is 2.85. The first kappa shape index (κ1) is 16.0. The number of aromatic nitrogens is 1. The minimum atomic E-state index is -0.559. The molecule has 1 N–H and O–H groups in total. The highest BCUT2D eigenvalue weighted by molar-refractivity contribution is 7.98. The number of carbonyl (C=O) groups excluding carboxylic acids is 2. The fraction of sp³-hybridized carbons (Fsp3) is 0.188. The molecule has 0 saturated carbocycles. The van der Waals surface area contributed by atoms with Gasteiger partial charge in [-0.1, -0.05) is 17.7 Å². The van der Waals surface area contributed by atoms with Crippen molar-refractivity contribution in [2.75, 3.05) is 18.2 Å². The molecule has 0 spiro atoms. The number of nitrogens with one attached hydrogen (secondary N) is 1. The molecule has 114 valence electrons. The summed E-state index contributed by atoms with van der Waals surface area (Å²) in [5.74, 6) is -0.941. The molecule has 1 aromatic heterocycles. The predicted molar refractivity (Wildman–Crippen MR) is 86.1 cm³/mol. The molecule has 0 atom stereocenters. The van der Waals surface area contributed by atoms with Gasteiger partial charge in [-0.3, -0.25) is 4.79 Å². The molecule has 22 heavy (non-hydrogen) atoms. The Kier molecular flexibility index (Phi) is 5.55. The molecule has 0 bridgehead atoms. The zero-order valence-corrected chi connectivity index (χ0v) is 13.1. The van der Waals surface area contributed by atoms with Crippen molar-refractivity contribution in [3.63, 3.8) is 0 Å². The van der Waals surface area contributed by atoms with E-state index in [1.165, 1.54) is 11.8 Å². The minimum absolute atomic E-state index is 0.338. The molecule has 1 aromatic carbocycles. The molecule has 0 unspecified atom stereocenters. The lowest BCUT2D eigenvalue weighted by atomic mass is 10.2. The average molecular weight is 316 g/mol. The van der Waals surface area contributed by atoms with E-state index in [-0.39, 0.29) is 12.5 Å². The van der Waals surface area contributed by atoms with Crippen molar-refractivity contribution in [2.45, 2.75) is 11.9 Å². The lowest BCUT2D eigenvalue weighted by Crippen LogP contribution is -2.21. The maximum atomic E-state index is 12.0. The molecule has 1 heterocycles. The first-order valence-electron chi connectivity index (χ1n) is 6.63. The monoisotopic (exact) mass is 316 g/mol. The minimum Gasteiger partial charge on any atom is -0.452 e. The van der Waals surface area contributed by atoms with Crippen LogP contribution in [0.5, 0.6) is 0 Å². The van der Waals surface area contributed by atoms with Crippen LogP contribution in [0.3, 0.4) is 0 Å². The van der Waals surface area contributed by atoms with E-state index in [0.717, 1.165) is 5.56 Å². The number of thioether (sulfide) groups is 1. The van der Waals surface area contributed by atoms with Crippen molar-refractivity contribution in [1.29, 1.82) is 0 Å². The van der Waals surface area contributed by atoms with Crippen LogP contribution in [0.15, 0.2) is 47.6 Å². The largest absolute Gasteiger partial charge is 0.452 e. The molecule has 6 heteroatoms. The van der Waals surface area contributed by atoms with Crippen molar-refractivity contribution in [3.05, 3.63) is 53.7 Å². The number of pyridine rings is 1. The number of rotatable bonds is 5. The quantitative estimate of drug-likeness (QED) is 0.678. The number of hydrogen-bond donors (Lipinski definition) is 1. The molecule has 0 fully saturated rings. The highest BCUT2D eigenvalue weighted by Crippen LogP contribution is 2.17. The van der Waals surface area contributed by atoms with Gasteiger partial charge in [-0.25, -0.2) is 9.78 Å². The SMILES string of the molecule is CSc1ncccc1C(=O)OCC(=O)Nc1ccc(C)cc1. The van der Waals surface area contributed by atoms with Crippen molar-refractivity contribution in [2.24, 2.45) is 0 Å². The maximum absolute atomic E-state index is 12.0. The normalized spacial score (nSPS) is 10.1. The van der Waals surface area contributed by atoms with Crippen LogP contribution in [-0.4, -0.2) is 29.7 Å². The molecule has 0 aliphatic carbocycles. The number of anilines is 1.